The van der Waals surface area contributed by atoms with E-state index in [4.69, 9.17) is 20.8 Å². The SMILES string of the molecule is Cc1ccc(OC(F)F)c(NC(=O)c2ccc(COc3c(C)cccc3Cl)o2)c1. The fraction of sp³-hybridized carbons (Fsp3) is 0.190. The van der Waals surface area contributed by atoms with Crippen molar-refractivity contribution in [1.82, 2.24) is 0 Å². The summed E-state index contributed by atoms with van der Waals surface area (Å²) in [4.78, 5) is 12.4. The number of halogens is 3. The van der Waals surface area contributed by atoms with E-state index in [1.807, 2.05) is 19.1 Å². The predicted molar refractivity (Wildman–Crippen MR) is 105 cm³/mol. The highest BCUT2D eigenvalue weighted by Crippen LogP contribution is 2.30. The van der Waals surface area contributed by atoms with Crippen LogP contribution in [0.25, 0.3) is 0 Å². The number of ether oxygens (including phenoxy) is 2. The highest BCUT2D eigenvalue weighted by atomic mass is 35.5. The molecule has 0 aliphatic heterocycles. The first-order valence-corrected chi connectivity index (χ1v) is 9.04. The summed E-state index contributed by atoms with van der Waals surface area (Å²) in [6, 6.07) is 13.0. The summed E-state index contributed by atoms with van der Waals surface area (Å²) in [5.74, 6) is 0.204. The molecule has 0 bridgehead atoms. The van der Waals surface area contributed by atoms with Gasteiger partial charge in [0.2, 0.25) is 0 Å². The fourth-order valence-corrected chi connectivity index (χ4v) is 2.92. The van der Waals surface area contributed by atoms with Crippen LogP contribution in [0, 0.1) is 13.8 Å². The van der Waals surface area contributed by atoms with Crippen LogP contribution in [0.3, 0.4) is 0 Å². The summed E-state index contributed by atoms with van der Waals surface area (Å²) < 4.78 is 40.8. The Hall–Kier alpha value is -3.06. The zero-order valence-electron chi connectivity index (χ0n) is 15.7. The molecule has 1 N–H and O–H groups in total. The van der Waals surface area contributed by atoms with Crippen LogP contribution >= 0.6 is 11.6 Å². The van der Waals surface area contributed by atoms with Crippen molar-refractivity contribution in [2.24, 2.45) is 0 Å². The first-order chi connectivity index (χ1) is 13.8. The normalized spacial score (nSPS) is 10.8. The lowest BCUT2D eigenvalue weighted by Gasteiger charge is -2.12. The van der Waals surface area contributed by atoms with E-state index in [0.717, 1.165) is 11.1 Å². The molecule has 0 saturated heterocycles. The monoisotopic (exact) mass is 421 g/mol. The Morgan fingerprint density at radius 1 is 1.17 bits per heavy atom. The minimum Gasteiger partial charge on any atom is -0.484 e. The van der Waals surface area contributed by atoms with Crippen molar-refractivity contribution in [1.29, 1.82) is 0 Å². The number of hydrogen-bond acceptors (Lipinski definition) is 4. The van der Waals surface area contributed by atoms with Gasteiger partial charge in [-0.25, -0.2) is 0 Å². The van der Waals surface area contributed by atoms with Gasteiger partial charge in [0.1, 0.15) is 23.9 Å². The van der Waals surface area contributed by atoms with Gasteiger partial charge in [0.15, 0.2) is 5.76 Å². The topological polar surface area (TPSA) is 60.7 Å². The molecule has 0 fully saturated rings. The smallest absolute Gasteiger partial charge is 0.387 e. The quantitative estimate of drug-likeness (QED) is 0.509. The van der Waals surface area contributed by atoms with Crippen LogP contribution in [0.2, 0.25) is 5.02 Å². The molecule has 3 rings (SSSR count). The van der Waals surface area contributed by atoms with E-state index in [-0.39, 0.29) is 23.8 Å². The molecule has 3 aromatic rings. The molecule has 0 unspecified atom stereocenters. The molecule has 8 heteroatoms. The van der Waals surface area contributed by atoms with Crippen LogP contribution in [0.1, 0.15) is 27.4 Å². The molecule has 0 aliphatic rings. The molecule has 1 aromatic heterocycles. The number of furan rings is 1. The lowest BCUT2D eigenvalue weighted by Crippen LogP contribution is -2.13. The maximum absolute atomic E-state index is 12.6. The number of carbonyl (C=O) groups excluding carboxylic acids is 1. The fourth-order valence-electron chi connectivity index (χ4n) is 2.64. The number of anilines is 1. The number of benzene rings is 2. The van der Waals surface area contributed by atoms with Crippen LogP contribution in [0.5, 0.6) is 11.5 Å². The predicted octanol–water partition coefficient (Wildman–Crippen LogP) is 5.98. The van der Waals surface area contributed by atoms with Gasteiger partial charge < -0.3 is 19.2 Å². The molecule has 0 saturated carbocycles. The molecular weight excluding hydrogens is 404 g/mol. The summed E-state index contributed by atoms with van der Waals surface area (Å²) in [6.45, 7) is 0.695. The second kappa shape index (κ2) is 8.96. The number of aryl methyl sites for hydroxylation is 2. The van der Waals surface area contributed by atoms with E-state index in [1.54, 1.807) is 25.1 Å². The number of rotatable bonds is 7. The Bertz CT molecular complexity index is 999. The van der Waals surface area contributed by atoms with Crippen molar-refractivity contribution in [2.45, 2.75) is 27.1 Å². The number of hydrogen-bond donors (Lipinski definition) is 1. The first-order valence-electron chi connectivity index (χ1n) is 8.67. The molecule has 29 heavy (non-hydrogen) atoms. The van der Waals surface area contributed by atoms with Gasteiger partial charge in [-0.15, -0.1) is 0 Å². The average molecular weight is 422 g/mol. The van der Waals surface area contributed by atoms with Gasteiger partial charge in [-0.2, -0.15) is 8.78 Å². The van der Waals surface area contributed by atoms with E-state index in [2.05, 4.69) is 10.1 Å². The van der Waals surface area contributed by atoms with E-state index in [9.17, 15) is 13.6 Å². The molecule has 0 spiro atoms. The molecule has 0 radical (unpaired) electrons. The molecule has 2 aromatic carbocycles. The Balaban J connectivity index is 1.69. The van der Waals surface area contributed by atoms with Crippen molar-refractivity contribution in [2.75, 3.05) is 5.32 Å². The highest BCUT2D eigenvalue weighted by Gasteiger charge is 2.17. The Morgan fingerprint density at radius 3 is 2.69 bits per heavy atom. The van der Waals surface area contributed by atoms with Gasteiger partial charge >= 0.3 is 6.61 Å². The molecule has 0 aliphatic carbocycles. The maximum atomic E-state index is 12.6. The summed E-state index contributed by atoms with van der Waals surface area (Å²) in [6.07, 6.45) is 0. The van der Waals surface area contributed by atoms with Crippen molar-refractivity contribution in [3.8, 4) is 11.5 Å². The van der Waals surface area contributed by atoms with Crippen molar-refractivity contribution in [3.05, 3.63) is 76.2 Å². The zero-order valence-corrected chi connectivity index (χ0v) is 16.4. The van der Waals surface area contributed by atoms with E-state index in [1.165, 1.54) is 18.2 Å². The van der Waals surface area contributed by atoms with Gasteiger partial charge in [-0.3, -0.25) is 4.79 Å². The van der Waals surface area contributed by atoms with Gasteiger partial charge in [-0.05, 0) is 55.3 Å². The highest BCUT2D eigenvalue weighted by molar-refractivity contribution is 6.32. The average Bonchev–Trinajstić information content (AvgIpc) is 3.12. The molecule has 1 amide bonds. The third kappa shape index (κ3) is 5.26. The Kier molecular flexibility index (Phi) is 6.39. The number of nitrogens with one attached hydrogen (secondary N) is 1. The van der Waals surface area contributed by atoms with Gasteiger partial charge in [0.25, 0.3) is 5.91 Å². The summed E-state index contributed by atoms with van der Waals surface area (Å²) in [5.41, 5.74) is 1.76. The van der Waals surface area contributed by atoms with Crippen LogP contribution in [-0.2, 0) is 6.61 Å². The van der Waals surface area contributed by atoms with Crippen LogP contribution < -0.4 is 14.8 Å². The molecule has 1 heterocycles. The third-order valence-corrected chi connectivity index (χ3v) is 4.31. The van der Waals surface area contributed by atoms with Crippen molar-refractivity contribution >= 4 is 23.2 Å². The number of alkyl halides is 2. The van der Waals surface area contributed by atoms with E-state index in [0.29, 0.717) is 16.5 Å². The summed E-state index contributed by atoms with van der Waals surface area (Å²) in [5, 5.41) is 3.00. The minimum atomic E-state index is -3.01. The second-order valence-corrected chi connectivity index (χ2v) is 6.68. The first kappa shape index (κ1) is 20.7. The van der Waals surface area contributed by atoms with Crippen LogP contribution in [-0.4, -0.2) is 12.5 Å². The second-order valence-electron chi connectivity index (χ2n) is 6.27. The van der Waals surface area contributed by atoms with Crippen molar-refractivity contribution in [3.63, 3.8) is 0 Å². The molecule has 0 atom stereocenters. The van der Waals surface area contributed by atoms with Crippen molar-refractivity contribution < 1.29 is 27.5 Å². The Labute approximate surface area is 171 Å². The molecule has 5 nitrogen and oxygen atoms in total. The Morgan fingerprint density at radius 2 is 1.97 bits per heavy atom. The molecular formula is C21H18ClF2NO4. The lowest BCUT2D eigenvalue weighted by atomic mass is 10.2. The maximum Gasteiger partial charge on any atom is 0.387 e. The third-order valence-electron chi connectivity index (χ3n) is 4.01. The standard InChI is InChI=1S/C21H18ClF2NO4/c1-12-6-8-17(29-21(23)24)16(10-12)25-20(26)18-9-7-14(28-18)11-27-19-13(2)4-3-5-15(19)22/h3-10,21H,11H2,1-2H3,(H,25,26). The van der Waals surface area contributed by atoms with E-state index >= 15 is 0 Å². The lowest BCUT2D eigenvalue weighted by molar-refractivity contribution is -0.0493. The molecule has 152 valence electrons. The van der Waals surface area contributed by atoms with Crippen LogP contribution in [0.4, 0.5) is 14.5 Å². The number of para-hydroxylation sites is 1. The van der Waals surface area contributed by atoms with Gasteiger partial charge in [-0.1, -0.05) is 29.8 Å². The van der Waals surface area contributed by atoms with Gasteiger partial charge in [0, 0.05) is 0 Å². The minimum absolute atomic E-state index is 0.00369. The van der Waals surface area contributed by atoms with Gasteiger partial charge in [0.05, 0.1) is 10.7 Å². The zero-order chi connectivity index (χ0) is 21.0. The van der Waals surface area contributed by atoms with E-state index < -0.39 is 12.5 Å². The number of amides is 1. The summed E-state index contributed by atoms with van der Waals surface area (Å²) in [7, 11) is 0. The largest absolute Gasteiger partial charge is 0.484 e. The van der Waals surface area contributed by atoms with Crippen LogP contribution in [0.15, 0.2) is 52.9 Å². The summed E-state index contributed by atoms with van der Waals surface area (Å²) >= 11 is 6.12. The number of carbonyl (C=O) groups is 1.